The molecule has 0 aliphatic carbocycles. The third-order valence-corrected chi connectivity index (χ3v) is 4.88. The van der Waals surface area contributed by atoms with Crippen molar-refractivity contribution in [3.05, 3.63) is 22.4 Å². The fraction of sp³-hybridized carbons (Fsp3) is 0.765. The smallest absolute Gasteiger partial charge is 0.0855 e. The lowest BCUT2D eigenvalue weighted by Gasteiger charge is -2.37. The number of ether oxygens (including phenoxy) is 1. The molecule has 1 aromatic rings. The summed E-state index contributed by atoms with van der Waals surface area (Å²) < 4.78 is 6.08. The Kier molecular flexibility index (Phi) is 7.72. The van der Waals surface area contributed by atoms with Crippen LogP contribution in [0.1, 0.15) is 38.7 Å². The second-order valence-corrected chi connectivity index (χ2v) is 6.72. The van der Waals surface area contributed by atoms with Crippen LogP contribution < -0.4 is 5.32 Å². The van der Waals surface area contributed by atoms with Crippen molar-refractivity contribution in [3.8, 4) is 0 Å². The summed E-state index contributed by atoms with van der Waals surface area (Å²) >= 11 is 1.79. The molecule has 1 aliphatic rings. The standard InChI is InChI=1S/C17H30N2OS/c1-3-8-18-16(6-5-15-7-12-21-14-15)17-13-19(9-4-2)10-11-20-17/h7,12,14,16-18H,3-6,8-11,13H2,1-2H3. The molecule has 0 amide bonds. The number of morpholine rings is 1. The number of rotatable bonds is 9. The van der Waals surface area contributed by atoms with E-state index in [1.165, 1.54) is 31.4 Å². The van der Waals surface area contributed by atoms with E-state index in [1.807, 2.05) is 0 Å². The molecule has 3 nitrogen and oxygen atoms in total. The van der Waals surface area contributed by atoms with Crippen LogP contribution in [0.2, 0.25) is 0 Å². The van der Waals surface area contributed by atoms with Crippen LogP contribution in [-0.2, 0) is 11.2 Å². The van der Waals surface area contributed by atoms with E-state index in [4.69, 9.17) is 4.74 Å². The molecule has 1 N–H and O–H groups in total. The Labute approximate surface area is 133 Å². The number of hydrogen-bond donors (Lipinski definition) is 1. The molecular weight excluding hydrogens is 280 g/mol. The molecule has 120 valence electrons. The number of thiophene rings is 1. The Morgan fingerprint density at radius 1 is 1.43 bits per heavy atom. The SMILES string of the molecule is CCCNC(CCc1ccsc1)C1CN(CCC)CCO1. The van der Waals surface area contributed by atoms with Gasteiger partial charge in [-0.2, -0.15) is 11.3 Å². The van der Waals surface area contributed by atoms with Gasteiger partial charge in [0, 0.05) is 19.1 Å². The lowest BCUT2D eigenvalue weighted by Crippen LogP contribution is -2.52. The minimum Gasteiger partial charge on any atom is -0.374 e. The molecule has 0 spiro atoms. The van der Waals surface area contributed by atoms with Crippen LogP contribution in [0, 0.1) is 0 Å². The molecule has 0 radical (unpaired) electrons. The van der Waals surface area contributed by atoms with Gasteiger partial charge in [0.05, 0.1) is 12.7 Å². The Balaban J connectivity index is 1.87. The largest absolute Gasteiger partial charge is 0.374 e. The number of nitrogens with zero attached hydrogens (tertiary/aromatic N) is 1. The van der Waals surface area contributed by atoms with Gasteiger partial charge in [-0.25, -0.2) is 0 Å². The van der Waals surface area contributed by atoms with Crippen LogP contribution in [0.15, 0.2) is 16.8 Å². The molecule has 2 heterocycles. The maximum absolute atomic E-state index is 6.08. The van der Waals surface area contributed by atoms with Crippen LogP contribution in [0.5, 0.6) is 0 Å². The van der Waals surface area contributed by atoms with Crippen molar-refractivity contribution in [2.45, 2.75) is 51.7 Å². The molecule has 2 atom stereocenters. The summed E-state index contributed by atoms with van der Waals surface area (Å²) in [5.41, 5.74) is 1.46. The summed E-state index contributed by atoms with van der Waals surface area (Å²) in [6.45, 7) is 9.83. The molecule has 2 unspecified atom stereocenters. The van der Waals surface area contributed by atoms with E-state index in [1.54, 1.807) is 11.3 Å². The van der Waals surface area contributed by atoms with Crippen molar-refractivity contribution >= 4 is 11.3 Å². The highest BCUT2D eigenvalue weighted by Crippen LogP contribution is 2.16. The van der Waals surface area contributed by atoms with E-state index in [0.29, 0.717) is 12.1 Å². The molecule has 0 saturated carbocycles. The maximum Gasteiger partial charge on any atom is 0.0855 e. The predicted octanol–water partition coefficient (Wildman–Crippen LogP) is 3.16. The van der Waals surface area contributed by atoms with Crippen molar-refractivity contribution in [2.24, 2.45) is 0 Å². The van der Waals surface area contributed by atoms with Gasteiger partial charge in [0.25, 0.3) is 0 Å². The van der Waals surface area contributed by atoms with Crippen molar-refractivity contribution < 1.29 is 4.74 Å². The highest BCUT2D eigenvalue weighted by atomic mass is 32.1. The molecule has 1 aromatic heterocycles. The molecular formula is C17H30N2OS. The van der Waals surface area contributed by atoms with Crippen molar-refractivity contribution in [3.63, 3.8) is 0 Å². The maximum atomic E-state index is 6.08. The van der Waals surface area contributed by atoms with Crippen molar-refractivity contribution in [1.29, 1.82) is 0 Å². The van der Waals surface area contributed by atoms with Gasteiger partial charge >= 0.3 is 0 Å². The van der Waals surface area contributed by atoms with Gasteiger partial charge < -0.3 is 10.1 Å². The van der Waals surface area contributed by atoms with Crippen LogP contribution in [-0.4, -0.2) is 49.8 Å². The first-order valence-corrected chi connectivity index (χ1v) is 9.36. The van der Waals surface area contributed by atoms with Crippen LogP contribution in [0.25, 0.3) is 0 Å². The van der Waals surface area contributed by atoms with Crippen molar-refractivity contribution in [1.82, 2.24) is 10.2 Å². The topological polar surface area (TPSA) is 24.5 Å². The zero-order valence-electron chi connectivity index (χ0n) is 13.5. The van der Waals surface area contributed by atoms with E-state index in [2.05, 4.69) is 40.9 Å². The normalized spacial score (nSPS) is 21.5. The Morgan fingerprint density at radius 3 is 3.05 bits per heavy atom. The van der Waals surface area contributed by atoms with Gasteiger partial charge in [0.1, 0.15) is 0 Å². The summed E-state index contributed by atoms with van der Waals surface area (Å²) in [4.78, 5) is 2.55. The fourth-order valence-electron chi connectivity index (χ4n) is 3.00. The Bertz CT molecular complexity index is 367. The summed E-state index contributed by atoms with van der Waals surface area (Å²) in [5.74, 6) is 0. The summed E-state index contributed by atoms with van der Waals surface area (Å²) in [7, 11) is 0. The third-order valence-electron chi connectivity index (χ3n) is 4.15. The van der Waals surface area contributed by atoms with Gasteiger partial charge in [0.15, 0.2) is 0 Å². The van der Waals surface area contributed by atoms with Gasteiger partial charge in [0.2, 0.25) is 0 Å². The Hall–Kier alpha value is -0.420. The molecule has 0 aromatic carbocycles. The average molecular weight is 311 g/mol. The minimum atomic E-state index is 0.343. The summed E-state index contributed by atoms with van der Waals surface area (Å²) in [5, 5.41) is 8.15. The first kappa shape index (κ1) is 16.9. The highest BCUT2D eigenvalue weighted by Gasteiger charge is 2.27. The van der Waals surface area contributed by atoms with Gasteiger partial charge in [-0.05, 0) is 61.2 Å². The fourth-order valence-corrected chi connectivity index (χ4v) is 3.70. The van der Waals surface area contributed by atoms with Crippen molar-refractivity contribution in [2.75, 3.05) is 32.8 Å². The molecule has 1 fully saturated rings. The molecule has 2 rings (SSSR count). The van der Waals surface area contributed by atoms with E-state index >= 15 is 0 Å². The molecule has 0 bridgehead atoms. The number of nitrogens with one attached hydrogen (secondary N) is 1. The average Bonchev–Trinajstić information content (AvgIpc) is 3.01. The van der Waals surface area contributed by atoms with Gasteiger partial charge in [-0.1, -0.05) is 13.8 Å². The second kappa shape index (κ2) is 9.57. The van der Waals surface area contributed by atoms with E-state index in [0.717, 1.165) is 32.7 Å². The Morgan fingerprint density at radius 2 is 2.33 bits per heavy atom. The minimum absolute atomic E-state index is 0.343. The van der Waals surface area contributed by atoms with Gasteiger partial charge in [-0.3, -0.25) is 4.90 Å². The van der Waals surface area contributed by atoms with E-state index in [-0.39, 0.29) is 0 Å². The van der Waals surface area contributed by atoms with Crippen LogP contribution in [0.3, 0.4) is 0 Å². The number of hydrogen-bond acceptors (Lipinski definition) is 4. The zero-order valence-corrected chi connectivity index (χ0v) is 14.3. The molecule has 1 saturated heterocycles. The lowest BCUT2D eigenvalue weighted by atomic mass is 10.0. The first-order chi connectivity index (χ1) is 10.3. The predicted molar refractivity (Wildman–Crippen MR) is 91.2 cm³/mol. The van der Waals surface area contributed by atoms with Crippen LogP contribution >= 0.6 is 11.3 Å². The van der Waals surface area contributed by atoms with Crippen LogP contribution in [0.4, 0.5) is 0 Å². The number of aryl methyl sites for hydroxylation is 1. The molecule has 1 aliphatic heterocycles. The summed E-state index contributed by atoms with van der Waals surface area (Å²) in [6, 6.07) is 2.72. The monoisotopic (exact) mass is 310 g/mol. The third kappa shape index (κ3) is 5.70. The zero-order chi connectivity index (χ0) is 14.9. The van der Waals surface area contributed by atoms with E-state index in [9.17, 15) is 0 Å². The second-order valence-electron chi connectivity index (χ2n) is 5.94. The first-order valence-electron chi connectivity index (χ1n) is 8.41. The van der Waals surface area contributed by atoms with Gasteiger partial charge in [-0.15, -0.1) is 0 Å². The molecule has 4 heteroatoms. The lowest BCUT2D eigenvalue weighted by molar-refractivity contribution is -0.0474. The summed E-state index contributed by atoms with van der Waals surface area (Å²) in [6.07, 6.45) is 5.07. The molecule has 21 heavy (non-hydrogen) atoms. The van der Waals surface area contributed by atoms with E-state index < -0.39 is 0 Å². The quantitative estimate of drug-likeness (QED) is 0.758. The highest BCUT2D eigenvalue weighted by molar-refractivity contribution is 7.07.